The topological polar surface area (TPSA) is 41.6 Å². The fourth-order valence-electron chi connectivity index (χ4n) is 2.41. The normalized spacial score (nSPS) is 26.2. The number of rotatable bonds is 2. The zero-order valence-electron chi connectivity index (χ0n) is 9.63. The summed E-state index contributed by atoms with van der Waals surface area (Å²) in [5.74, 6) is 0.638. The lowest BCUT2D eigenvalue weighted by atomic mass is 9.96. The first-order chi connectivity index (χ1) is 8.33. The molecule has 3 rings (SSSR count). The van der Waals surface area contributed by atoms with Crippen molar-refractivity contribution in [1.29, 1.82) is 0 Å². The minimum Gasteiger partial charge on any atom is -0.445 e. The van der Waals surface area contributed by atoms with Crippen LogP contribution in [0.4, 0.5) is 4.79 Å². The number of likely N-dealkylation sites (tertiary alicyclic amines) is 1. The molecule has 4 heteroatoms. The SMILES string of the molecule is O=C(OCc1ccccc1)N1C[C@H]2CN[C@H]2C1. The second kappa shape index (κ2) is 4.37. The number of carbonyl (C=O) groups is 1. The molecule has 0 aromatic heterocycles. The summed E-state index contributed by atoms with van der Waals surface area (Å²) in [5, 5.41) is 3.32. The molecule has 2 heterocycles. The zero-order chi connectivity index (χ0) is 11.7. The van der Waals surface area contributed by atoms with Crippen molar-refractivity contribution in [2.75, 3.05) is 19.6 Å². The van der Waals surface area contributed by atoms with Gasteiger partial charge >= 0.3 is 6.09 Å². The van der Waals surface area contributed by atoms with Crippen molar-refractivity contribution in [3.8, 4) is 0 Å². The van der Waals surface area contributed by atoms with Crippen molar-refractivity contribution in [2.45, 2.75) is 12.6 Å². The predicted octanol–water partition coefficient (Wildman–Crippen LogP) is 1.23. The van der Waals surface area contributed by atoms with Crippen LogP contribution in [-0.4, -0.2) is 36.7 Å². The maximum Gasteiger partial charge on any atom is 0.410 e. The van der Waals surface area contributed by atoms with Crippen molar-refractivity contribution in [3.63, 3.8) is 0 Å². The third-order valence-corrected chi connectivity index (χ3v) is 3.55. The molecule has 1 aromatic carbocycles. The van der Waals surface area contributed by atoms with E-state index in [4.69, 9.17) is 4.74 Å². The molecule has 2 aliphatic heterocycles. The van der Waals surface area contributed by atoms with E-state index in [1.165, 1.54) is 0 Å². The third kappa shape index (κ3) is 2.13. The summed E-state index contributed by atoms with van der Waals surface area (Å²) in [6.07, 6.45) is -0.190. The van der Waals surface area contributed by atoms with E-state index in [1.54, 1.807) is 4.90 Å². The number of hydrogen-bond acceptors (Lipinski definition) is 3. The van der Waals surface area contributed by atoms with Crippen molar-refractivity contribution in [3.05, 3.63) is 35.9 Å². The Morgan fingerprint density at radius 1 is 1.35 bits per heavy atom. The second-order valence-electron chi connectivity index (χ2n) is 4.72. The summed E-state index contributed by atoms with van der Waals surface area (Å²) in [6, 6.07) is 10.3. The Hall–Kier alpha value is -1.55. The molecule has 1 amide bonds. The van der Waals surface area contributed by atoms with Gasteiger partial charge in [-0.15, -0.1) is 0 Å². The predicted molar refractivity (Wildman–Crippen MR) is 63.5 cm³/mol. The molecule has 0 radical (unpaired) electrons. The summed E-state index contributed by atoms with van der Waals surface area (Å²) < 4.78 is 5.30. The number of carbonyl (C=O) groups excluding carboxylic acids is 1. The number of nitrogens with one attached hydrogen (secondary N) is 1. The summed E-state index contributed by atoms with van der Waals surface area (Å²) in [7, 11) is 0. The Kier molecular flexibility index (Phi) is 2.73. The molecule has 0 unspecified atom stereocenters. The van der Waals surface area contributed by atoms with Gasteiger partial charge in [0.1, 0.15) is 6.61 Å². The first kappa shape index (κ1) is 10.6. The molecule has 2 atom stereocenters. The van der Waals surface area contributed by atoms with Crippen LogP contribution < -0.4 is 5.32 Å². The number of ether oxygens (including phenoxy) is 1. The molecule has 1 aromatic rings. The largest absolute Gasteiger partial charge is 0.445 e. The highest BCUT2D eigenvalue weighted by molar-refractivity contribution is 5.68. The van der Waals surface area contributed by atoms with E-state index in [0.717, 1.165) is 25.2 Å². The maximum absolute atomic E-state index is 11.8. The van der Waals surface area contributed by atoms with Crippen LogP contribution in [0, 0.1) is 5.92 Å². The van der Waals surface area contributed by atoms with Crippen LogP contribution in [0.15, 0.2) is 30.3 Å². The van der Waals surface area contributed by atoms with Gasteiger partial charge in [-0.2, -0.15) is 0 Å². The maximum atomic E-state index is 11.8. The standard InChI is InChI=1S/C13H16N2O2/c16-13(15-7-11-6-14-12(11)8-15)17-9-10-4-2-1-3-5-10/h1-5,11-12,14H,6-9H2/t11-,12+/m1/s1. The van der Waals surface area contributed by atoms with Gasteiger partial charge < -0.3 is 15.0 Å². The van der Waals surface area contributed by atoms with Crippen LogP contribution in [0.5, 0.6) is 0 Å². The van der Waals surface area contributed by atoms with E-state index in [9.17, 15) is 4.79 Å². The van der Waals surface area contributed by atoms with Gasteiger partial charge in [0, 0.05) is 31.6 Å². The van der Waals surface area contributed by atoms with Crippen LogP contribution in [0.3, 0.4) is 0 Å². The van der Waals surface area contributed by atoms with Crippen molar-refractivity contribution in [1.82, 2.24) is 10.2 Å². The van der Waals surface area contributed by atoms with Gasteiger partial charge in [0.25, 0.3) is 0 Å². The Bertz CT molecular complexity index is 395. The first-order valence-electron chi connectivity index (χ1n) is 6.02. The Morgan fingerprint density at radius 2 is 2.18 bits per heavy atom. The molecule has 2 saturated heterocycles. The lowest BCUT2D eigenvalue weighted by Crippen LogP contribution is -2.51. The van der Waals surface area contributed by atoms with Gasteiger partial charge in [-0.1, -0.05) is 30.3 Å². The fourth-order valence-corrected chi connectivity index (χ4v) is 2.41. The van der Waals surface area contributed by atoms with E-state index in [2.05, 4.69) is 5.32 Å². The van der Waals surface area contributed by atoms with Crippen molar-refractivity contribution >= 4 is 6.09 Å². The van der Waals surface area contributed by atoms with Gasteiger partial charge in [0.2, 0.25) is 0 Å². The lowest BCUT2D eigenvalue weighted by molar-refractivity contribution is 0.103. The number of fused-ring (bicyclic) bond motifs is 1. The number of amides is 1. The highest BCUT2D eigenvalue weighted by Crippen LogP contribution is 2.23. The minimum absolute atomic E-state index is 0.190. The first-order valence-corrected chi connectivity index (χ1v) is 6.02. The summed E-state index contributed by atoms with van der Waals surface area (Å²) in [5.41, 5.74) is 1.03. The summed E-state index contributed by atoms with van der Waals surface area (Å²) in [6.45, 7) is 3.02. The lowest BCUT2D eigenvalue weighted by Gasteiger charge is -2.29. The molecule has 2 aliphatic rings. The van der Waals surface area contributed by atoms with Crippen LogP contribution in [0.25, 0.3) is 0 Å². The fraction of sp³-hybridized carbons (Fsp3) is 0.462. The molecule has 4 nitrogen and oxygen atoms in total. The number of benzene rings is 1. The molecule has 0 bridgehead atoms. The van der Waals surface area contributed by atoms with E-state index < -0.39 is 0 Å². The van der Waals surface area contributed by atoms with E-state index in [1.807, 2.05) is 30.3 Å². The monoisotopic (exact) mass is 232 g/mol. The van der Waals surface area contributed by atoms with Crippen LogP contribution in [0.1, 0.15) is 5.56 Å². The number of nitrogens with zero attached hydrogens (tertiary/aromatic N) is 1. The second-order valence-corrected chi connectivity index (χ2v) is 4.72. The smallest absolute Gasteiger partial charge is 0.410 e. The van der Waals surface area contributed by atoms with E-state index >= 15 is 0 Å². The molecule has 0 saturated carbocycles. The molecule has 2 fully saturated rings. The summed E-state index contributed by atoms with van der Waals surface area (Å²) in [4.78, 5) is 13.6. The Morgan fingerprint density at radius 3 is 2.76 bits per heavy atom. The number of hydrogen-bond donors (Lipinski definition) is 1. The van der Waals surface area contributed by atoms with Crippen LogP contribution >= 0.6 is 0 Å². The average molecular weight is 232 g/mol. The molecule has 90 valence electrons. The van der Waals surface area contributed by atoms with Gasteiger partial charge in [0.05, 0.1) is 0 Å². The van der Waals surface area contributed by atoms with Gasteiger partial charge in [-0.3, -0.25) is 0 Å². The zero-order valence-corrected chi connectivity index (χ0v) is 9.63. The van der Waals surface area contributed by atoms with Gasteiger partial charge in [-0.25, -0.2) is 4.79 Å². The highest BCUT2D eigenvalue weighted by Gasteiger charge is 2.41. The van der Waals surface area contributed by atoms with Gasteiger partial charge in [0.15, 0.2) is 0 Å². The van der Waals surface area contributed by atoms with Crippen molar-refractivity contribution in [2.24, 2.45) is 5.92 Å². The molecule has 0 spiro atoms. The Balaban J connectivity index is 1.51. The molecule has 17 heavy (non-hydrogen) atoms. The molecule has 0 aliphatic carbocycles. The minimum atomic E-state index is -0.190. The highest BCUT2D eigenvalue weighted by atomic mass is 16.6. The quantitative estimate of drug-likeness (QED) is 0.833. The van der Waals surface area contributed by atoms with E-state index in [-0.39, 0.29) is 6.09 Å². The van der Waals surface area contributed by atoms with Crippen molar-refractivity contribution < 1.29 is 9.53 Å². The molecular formula is C13H16N2O2. The molecular weight excluding hydrogens is 216 g/mol. The summed E-state index contributed by atoms with van der Waals surface area (Å²) >= 11 is 0. The Labute approximate surface area is 101 Å². The average Bonchev–Trinajstić information content (AvgIpc) is 2.64. The van der Waals surface area contributed by atoms with Crippen LogP contribution in [0.2, 0.25) is 0 Å². The van der Waals surface area contributed by atoms with Gasteiger partial charge in [-0.05, 0) is 5.56 Å². The molecule has 1 N–H and O–H groups in total. The third-order valence-electron chi connectivity index (χ3n) is 3.55. The van der Waals surface area contributed by atoms with Crippen LogP contribution in [-0.2, 0) is 11.3 Å². The van der Waals surface area contributed by atoms with E-state index in [0.29, 0.717) is 18.6 Å².